The summed E-state index contributed by atoms with van der Waals surface area (Å²) in [6, 6.07) is 11.5. The summed E-state index contributed by atoms with van der Waals surface area (Å²) < 4.78 is 18.0. The molecule has 4 aliphatic heterocycles. The standard InChI is InChI=1S/C36H47NO5/c1-21-31-28-20-27-25(24-13-8-5-9-14-24)16-17-26(27)32(29(38)19-23-11-6-4-7-12-23)37(28)18-10-15-30(31)41-34(21)35-33(40-3)22(2)36(39)42-35/h5,8-9,13-15,21,23,25-29,31-32,38H,4,6-7,10-12,16-20H2,1-3H3. The number of fused-ring (bicyclic) bond motifs is 4. The summed E-state index contributed by atoms with van der Waals surface area (Å²) in [6.07, 6.45) is 13.7. The van der Waals surface area contributed by atoms with E-state index >= 15 is 0 Å². The number of aliphatic hydroxyl groups excluding tert-OH is 1. The Bertz CT molecular complexity index is 1280. The van der Waals surface area contributed by atoms with Gasteiger partial charge in [-0.25, -0.2) is 4.79 Å². The largest absolute Gasteiger partial charge is 0.492 e. The minimum atomic E-state index is -0.365. The third-order valence-corrected chi connectivity index (χ3v) is 11.7. The summed E-state index contributed by atoms with van der Waals surface area (Å²) >= 11 is 0. The quantitative estimate of drug-likeness (QED) is 0.390. The molecular formula is C36H47NO5. The first-order chi connectivity index (χ1) is 20.5. The van der Waals surface area contributed by atoms with E-state index in [4.69, 9.17) is 14.2 Å². The van der Waals surface area contributed by atoms with E-state index in [9.17, 15) is 9.90 Å². The number of carbonyl (C=O) groups is 1. The molecular weight excluding hydrogens is 526 g/mol. The van der Waals surface area contributed by atoms with Crippen molar-refractivity contribution < 1.29 is 24.1 Å². The number of cyclic esters (lactones) is 1. The molecule has 0 radical (unpaired) electrons. The van der Waals surface area contributed by atoms with Gasteiger partial charge in [0.25, 0.3) is 0 Å². The van der Waals surface area contributed by atoms with E-state index in [1.54, 1.807) is 14.0 Å². The molecule has 1 aromatic carbocycles. The molecule has 226 valence electrons. The molecule has 1 aromatic rings. The molecule has 4 heterocycles. The van der Waals surface area contributed by atoms with E-state index in [1.165, 1.54) is 50.5 Å². The van der Waals surface area contributed by atoms with E-state index in [2.05, 4.69) is 48.2 Å². The third kappa shape index (κ3) is 4.73. The highest BCUT2D eigenvalue weighted by Gasteiger charge is 2.56. The molecule has 1 N–H and O–H groups in total. The average molecular weight is 574 g/mol. The van der Waals surface area contributed by atoms with Crippen LogP contribution in [-0.4, -0.2) is 47.8 Å². The van der Waals surface area contributed by atoms with Crippen LogP contribution in [-0.2, 0) is 19.0 Å². The fourth-order valence-electron chi connectivity index (χ4n) is 9.83. The number of carbonyl (C=O) groups excluding carboxylic acids is 1. The maximum absolute atomic E-state index is 12.5. The second-order valence-electron chi connectivity index (χ2n) is 13.8. The summed E-state index contributed by atoms with van der Waals surface area (Å²) in [6.45, 7) is 4.92. The number of esters is 1. The van der Waals surface area contributed by atoms with Crippen LogP contribution in [0.3, 0.4) is 0 Å². The van der Waals surface area contributed by atoms with Gasteiger partial charge in [0.05, 0.1) is 18.8 Å². The lowest BCUT2D eigenvalue weighted by molar-refractivity contribution is -0.133. The molecule has 0 bridgehead atoms. The number of allylic oxidation sites excluding steroid dienone is 1. The van der Waals surface area contributed by atoms with Crippen molar-refractivity contribution in [1.82, 2.24) is 4.90 Å². The summed E-state index contributed by atoms with van der Waals surface area (Å²) in [5.74, 6) is 4.66. The Morgan fingerprint density at radius 2 is 1.83 bits per heavy atom. The number of hydrogen-bond acceptors (Lipinski definition) is 6. The Morgan fingerprint density at radius 1 is 1.05 bits per heavy atom. The monoisotopic (exact) mass is 573 g/mol. The van der Waals surface area contributed by atoms with Crippen molar-refractivity contribution in [3.8, 4) is 0 Å². The number of benzene rings is 1. The van der Waals surface area contributed by atoms with Gasteiger partial charge in [0.2, 0.25) is 5.76 Å². The zero-order chi connectivity index (χ0) is 29.0. The second-order valence-corrected chi connectivity index (χ2v) is 13.8. The molecule has 4 fully saturated rings. The molecule has 2 saturated carbocycles. The van der Waals surface area contributed by atoms with Crippen molar-refractivity contribution >= 4 is 5.97 Å². The zero-order valence-corrected chi connectivity index (χ0v) is 25.5. The van der Waals surface area contributed by atoms with Crippen molar-refractivity contribution in [2.24, 2.45) is 29.6 Å². The van der Waals surface area contributed by atoms with Crippen LogP contribution in [0, 0.1) is 29.6 Å². The summed E-state index contributed by atoms with van der Waals surface area (Å²) in [4.78, 5) is 15.2. The number of hydrogen-bond donors (Lipinski definition) is 1. The van der Waals surface area contributed by atoms with Gasteiger partial charge in [-0.05, 0) is 74.3 Å². The smallest absolute Gasteiger partial charge is 0.343 e. The lowest BCUT2D eigenvalue weighted by Crippen LogP contribution is -2.60. The molecule has 0 amide bonds. The minimum Gasteiger partial charge on any atom is -0.492 e. The van der Waals surface area contributed by atoms with E-state index in [1.807, 2.05) is 0 Å². The molecule has 0 spiro atoms. The Labute approximate surface area is 250 Å². The third-order valence-electron chi connectivity index (χ3n) is 11.7. The minimum absolute atomic E-state index is 0.0324. The van der Waals surface area contributed by atoms with E-state index in [-0.39, 0.29) is 36.0 Å². The molecule has 0 aromatic heterocycles. The highest BCUT2D eigenvalue weighted by Crippen LogP contribution is 2.57. The maximum Gasteiger partial charge on any atom is 0.343 e. The van der Waals surface area contributed by atoms with Crippen LogP contribution in [0.5, 0.6) is 0 Å². The number of rotatable bonds is 5. The lowest BCUT2D eigenvalue weighted by atomic mass is 9.68. The maximum atomic E-state index is 12.5. The fourth-order valence-corrected chi connectivity index (χ4v) is 9.83. The van der Waals surface area contributed by atoms with Gasteiger partial charge in [-0.15, -0.1) is 0 Å². The van der Waals surface area contributed by atoms with Gasteiger partial charge in [0.15, 0.2) is 11.5 Å². The Hall–Kier alpha value is -2.57. The van der Waals surface area contributed by atoms with Crippen molar-refractivity contribution in [3.05, 3.63) is 70.6 Å². The van der Waals surface area contributed by atoms with Gasteiger partial charge >= 0.3 is 5.97 Å². The molecule has 2 aliphatic carbocycles. The average Bonchev–Trinajstić information content (AvgIpc) is 3.61. The van der Waals surface area contributed by atoms with Gasteiger partial charge < -0.3 is 19.3 Å². The zero-order valence-electron chi connectivity index (χ0n) is 25.5. The Morgan fingerprint density at radius 3 is 2.60 bits per heavy atom. The van der Waals surface area contributed by atoms with E-state index in [0.29, 0.717) is 46.5 Å². The van der Waals surface area contributed by atoms with E-state index in [0.717, 1.165) is 31.6 Å². The van der Waals surface area contributed by atoms with Crippen LogP contribution in [0.4, 0.5) is 0 Å². The summed E-state index contributed by atoms with van der Waals surface area (Å²) in [5, 5.41) is 12.1. The van der Waals surface area contributed by atoms with Crippen LogP contribution in [0.25, 0.3) is 0 Å². The predicted octanol–water partition coefficient (Wildman–Crippen LogP) is 6.83. The number of piperidine rings is 1. The van der Waals surface area contributed by atoms with Gasteiger partial charge in [-0.3, -0.25) is 4.90 Å². The summed E-state index contributed by atoms with van der Waals surface area (Å²) in [7, 11) is 1.59. The SMILES string of the molecule is COC1=C(C)C(=O)OC1=C1OC2=CCCN3C(CC4C(c5ccccc5)CCC4C3C(O)CC3CCCCC3)C2C1C. The Kier molecular flexibility index (Phi) is 7.72. The highest BCUT2D eigenvalue weighted by atomic mass is 16.6. The topological polar surface area (TPSA) is 68.2 Å². The van der Waals surface area contributed by atoms with Crippen molar-refractivity contribution in [2.45, 2.75) is 102 Å². The normalized spacial score (nSPS) is 37.8. The molecule has 6 nitrogen and oxygen atoms in total. The molecule has 8 unspecified atom stereocenters. The molecule has 6 heteroatoms. The van der Waals surface area contributed by atoms with Gasteiger partial charge in [0, 0.05) is 30.5 Å². The number of methoxy groups -OCH3 is 1. The van der Waals surface area contributed by atoms with Crippen molar-refractivity contribution in [2.75, 3.05) is 13.7 Å². The van der Waals surface area contributed by atoms with E-state index < -0.39 is 0 Å². The predicted molar refractivity (Wildman–Crippen MR) is 161 cm³/mol. The van der Waals surface area contributed by atoms with Crippen LogP contribution in [0.1, 0.15) is 89.5 Å². The summed E-state index contributed by atoms with van der Waals surface area (Å²) in [5.41, 5.74) is 1.94. The molecule has 2 saturated heterocycles. The number of aliphatic hydroxyl groups is 1. The fraction of sp³-hybridized carbons (Fsp3) is 0.639. The number of ether oxygens (including phenoxy) is 3. The van der Waals surface area contributed by atoms with Gasteiger partial charge in [-0.2, -0.15) is 0 Å². The highest BCUT2D eigenvalue weighted by molar-refractivity contribution is 5.93. The molecule has 42 heavy (non-hydrogen) atoms. The van der Waals surface area contributed by atoms with Crippen LogP contribution >= 0.6 is 0 Å². The molecule has 7 rings (SSSR count). The van der Waals surface area contributed by atoms with Gasteiger partial charge in [-0.1, -0.05) is 69.4 Å². The Balaban J connectivity index is 1.25. The first kappa shape index (κ1) is 28.2. The lowest BCUT2D eigenvalue weighted by Gasteiger charge is -2.52. The van der Waals surface area contributed by atoms with Crippen molar-refractivity contribution in [3.63, 3.8) is 0 Å². The number of nitrogens with zero attached hydrogens (tertiary/aromatic N) is 1. The molecule has 6 aliphatic rings. The van der Waals surface area contributed by atoms with Crippen molar-refractivity contribution in [1.29, 1.82) is 0 Å². The van der Waals surface area contributed by atoms with Crippen LogP contribution in [0.2, 0.25) is 0 Å². The van der Waals surface area contributed by atoms with Crippen LogP contribution < -0.4 is 0 Å². The first-order valence-electron chi connectivity index (χ1n) is 16.5. The first-order valence-corrected chi connectivity index (χ1v) is 16.5. The van der Waals surface area contributed by atoms with Crippen LogP contribution in [0.15, 0.2) is 65.0 Å². The second kappa shape index (κ2) is 11.5. The van der Waals surface area contributed by atoms with Gasteiger partial charge in [0.1, 0.15) is 5.76 Å². The molecule has 8 atom stereocenters.